The monoisotopic (exact) mass is 388 g/mol. The Morgan fingerprint density at radius 1 is 1.17 bits per heavy atom. The molecule has 4 aromatic heterocycles. The number of nitrogens with zero attached hydrogens (tertiary/aromatic N) is 4. The maximum absolute atomic E-state index is 13.2. The van der Waals surface area contributed by atoms with Gasteiger partial charge in [-0.1, -0.05) is 0 Å². The summed E-state index contributed by atoms with van der Waals surface area (Å²) in [5.41, 5.74) is 3.58. The SMILES string of the molecule is O=C(c1[nH]nc2ncc(-c3cnc4[nH]ccc4c3)cc12)N1CCC2(CCCO2)C1. The normalized spacial score (nSPS) is 21.7. The number of pyridine rings is 2. The Morgan fingerprint density at radius 3 is 2.97 bits per heavy atom. The number of H-pyrrole nitrogens is 2. The lowest BCUT2D eigenvalue weighted by molar-refractivity contribution is 0.0126. The van der Waals surface area contributed by atoms with Crippen LogP contribution in [0.3, 0.4) is 0 Å². The minimum absolute atomic E-state index is 0.0435. The molecule has 2 N–H and O–H groups in total. The highest BCUT2D eigenvalue weighted by Gasteiger charge is 2.43. The number of likely N-dealkylation sites (tertiary alicyclic amines) is 1. The Kier molecular flexibility index (Phi) is 3.52. The van der Waals surface area contributed by atoms with Crippen molar-refractivity contribution in [1.29, 1.82) is 0 Å². The standard InChI is InChI=1S/C21H20N6O2/c28-20(27-6-4-21(12-27)3-1-7-29-21)17-16-9-15(11-24-19(16)26-25-17)14-8-13-2-5-22-18(13)23-10-14/h2,5,8-11H,1,3-4,6-7,12H2,(H,22,23)(H,24,25,26). The van der Waals surface area contributed by atoms with Crippen LogP contribution in [0.2, 0.25) is 0 Å². The molecular weight excluding hydrogens is 368 g/mol. The predicted molar refractivity (Wildman–Crippen MR) is 107 cm³/mol. The van der Waals surface area contributed by atoms with Crippen molar-refractivity contribution in [3.63, 3.8) is 0 Å². The summed E-state index contributed by atoms with van der Waals surface area (Å²) in [4.78, 5) is 27.1. The molecular formula is C21H20N6O2. The molecule has 2 aliphatic heterocycles. The predicted octanol–water partition coefficient (Wildman–Crippen LogP) is 2.90. The van der Waals surface area contributed by atoms with Crippen molar-refractivity contribution in [1.82, 2.24) is 30.0 Å². The van der Waals surface area contributed by atoms with Gasteiger partial charge in [-0.25, -0.2) is 9.97 Å². The summed E-state index contributed by atoms with van der Waals surface area (Å²) in [5, 5.41) is 8.91. The summed E-state index contributed by atoms with van der Waals surface area (Å²) in [6.07, 6.45) is 8.45. The number of ether oxygens (including phenoxy) is 1. The van der Waals surface area contributed by atoms with E-state index in [2.05, 4.69) is 31.2 Å². The second-order valence-electron chi connectivity index (χ2n) is 7.95. The quantitative estimate of drug-likeness (QED) is 0.550. The van der Waals surface area contributed by atoms with Gasteiger partial charge >= 0.3 is 0 Å². The van der Waals surface area contributed by atoms with Gasteiger partial charge in [0.15, 0.2) is 5.65 Å². The third kappa shape index (κ3) is 2.63. The zero-order chi connectivity index (χ0) is 19.4. The highest BCUT2D eigenvalue weighted by Crippen LogP contribution is 2.36. The third-order valence-electron chi connectivity index (χ3n) is 6.15. The largest absolute Gasteiger partial charge is 0.373 e. The first-order valence-electron chi connectivity index (χ1n) is 9.92. The van der Waals surface area contributed by atoms with Crippen LogP contribution < -0.4 is 0 Å². The number of amides is 1. The number of hydrogen-bond acceptors (Lipinski definition) is 5. The Bertz CT molecular complexity index is 1240. The molecule has 4 aromatic rings. The molecule has 2 saturated heterocycles. The smallest absolute Gasteiger partial charge is 0.272 e. The third-order valence-corrected chi connectivity index (χ3v) is 6.15. The molecule has 0 aliphatic carbocycles. The van der Waals surface area contributed by atoms with E-state index in [-0.39, 0.29) is 11.5 Å². The van der Waals surface area contributed by atoms with E-state index in [0.29, 0.717) is 24.4 Å². The van der Waals surface area contributed by atoms with E-state index in [0.717, 1.165) is 53.4 Å². The molecule has 29 heavy (non-hydrogen) atoms. The van der Waals surface area contributed by atoms with Crippen LogP contribution in [0.15, 0.2) is 36.8 Å². The summed E-state index contributed by atoms with van der Waals surface area (Å²) in [6, 6.07) is 6.01. The van der Waals surface area contributed by atoms with E-state index in [1.807, 2.05) is 29.4 Å². The van der Waals surface area contributed by atoms with E-state index < -0.39 is 0 Å². The van der Waals surface area contributed by atoms with E-state index in [9.17, 15) is 4.79 Å². The van der Waals surface area contributed by atoms with E-state index >= 15 is 0 Å². The van der Waals surface area contributed by atoms with Crippen molar-refractivity contribution in [3.8, 4) is 11.1 Å². The Morgan fingerprint density at radius 2 is 2.07 bits per heavy atom. The molecule has 0 aromatic carbocycles. The number of nitrogens with one attached hydrogen (secondary N) is 2. The molecule has 8 heteroatoms. The van der Waals surface area contributed by atoms with Gasteiger partial charge in [0.2, 0.25) is 0 Å². The lowest BCUT2D eigenvalue weighted by Gasteiger charge is -2.22. The first kappa shape index (κ1) is 16.7. The lowest BCUT2D eigenvalue weighted by atomic mass is 10.00. The molecule has 8 nitrogen and oxygen atoms in total. The summed E-state index contributed by atoms with van der Waals surface area (Å²) < 4.78 is 5.95. The Hall–Kier alpha value is -3.26. The van der Waals surface area contributed by atoms with Gasteiger partial charge in [0, 0.05) is 48.3 Å². The van der Waals surface area contributed by atoms with Crippen molar-refractivity contribution in [2.45, 2.75) is 24.9 Å². The minimum Gasteiger partial charge on any atom is -0.373 e. The second kappa shape index (κ2) is 6.12. The van der Waals surface area contributed by atoms with Crippen molar-refractivity contribution in [2.75, 3.05) is 19.7 Å². The minimum atomic E-state index is -0.146. The van der Waals surface area contributed by atoms with Gasteiger partial charge in [-0.3, -0.25) is 9.89 Å². The van der Waals surface area contributed by atoms with Crippen LogP contribution in [-0.4, -0.2) is 61.3 Å². The van der Waals surface area contributed by atoms with Gasteiger partial charge in [-0.05, 0) is 37.5 Å². The maximum atomic E-state index is 13.2. The molecule has 0 saturated carbocycles. The molecule has 1 spiro atoms. The molecule has 1 atom stereocenters. The molecule has 6 rings (SSSR count). The highest BCUT2D eigenvalue weighted by molar-refractivity contribution is 6.05. The fourth-order valence-corrected chi connectivity index (χ4v) is 4.57. The first-order valence-corrected chi connectivity index (χ1v) is 9.92. The van der Waals surface area contributed by atoms with Gasteiger partial charge in [0.25, 0.3) is 5.91 Å². The Balaban J connectivity index is 1.35. The van der Waals surface area contributed by atoms with Gasteiger partial charge in [-0.15, -0.1) is 0 Å². The fraction of sp³-hybridized carbons (Fsp3) is 0.333. The number of carbonyl (C=O) groups is 1. The molecule has 6 heterocycles. The average molecular weight is 388 g/mol. The summed E-state index contributed by atoms with van der Waals surface area (Å²) >= 11 is 0. The summed E-state index contributed by atoms with van der Waals surface area (Å²) in [7, 11) is 0. The average Bonchev–Trinajstić information content (AvgIpc) is 3.54. The van der Waals surface area contributed by atoms with Crippen LogP contribution in [0.1, 0.15) is 29.8 Å². The van der Waals surface area contributed by atoms with Crippen LogP contribution >= 0.6 is 0 Å². The summed E-state index contributed by atoms with van der Waals surface area (Å²) in [5.74, 6) is -0.0435. The molecule has 2 aliphatic rings. The second-order valence-corrected chi connectivity index (χ2v) is 7.95. The number of fused-ring (bicyclic) bond motifs is 2. The van der Waals surface area contributed by atoms with Gasteiger partial charge in [0.05, 0.1) is 17.5 Å². The zero-order valence-corrected chi connectivity index (χ0v) is 15.8. The lowest BCUT2D eigenvalue weighted by Crippen LogP contribution is -2.35. The van der Waals surface area contributed by atoms with Crippen molar-refractivity contribution in [3.05, 3.63) is 42.5 Å². The van der Waals surface area contributed by atoms with Crippen LogP contribution in [-0.2, 0) is 4.74 Å². The van der Waals surface area contributed by atoms with Crippen LogP contribution in [0.25, 0.3) is 33.2 Å². The molecule has 2 fully saturated rings. The van der Waals surface area contributed by atoms with E-state index in [1.165, 1.54) is 0 Å². The maximum Gasteiger partial charge on any atom is 0.272 e. The van der Waals surface area contributed by atoms with Crippen LogP contribution in [0.4, 0.5) is 0 Å². The highest BCUT2D eigenvalue weighted by atomic mass is 16.5. The van der Waals surface area contributed by atoms with Gasteiger partial charge in [-0.2, -0.15) is 5.10 Å². The summed E-state index contributed by atoms with van der Waals surface area (Å²) in [6.45, 7) is 2.15. The topological polar surface area (TPSA) is 99.8 Å². The van der Waals surface area contributed by atoms with Gasteiger partial charge < -0.3 is 14.6 Å². The number of rotatable bonds is 2. The van der Waals surface area contributed by atoms with Gasteiger partial charge in [0.1, 0.15) is 11.3 Å². The molecule has 0 radical (unpaired) electrons. The number of aromatic nitrogens is 5. The number of carbonyl (C=O) groups excluding carboxylic acids is 1. The number of aromatic amines is 2. The molecule has 146 valence electrons. The van der Waals surface area contributed by atoms with Crippen molar-refractivity contribution in [2.24, 2.45) is 0 Å². The molecule has 1 amide bonds. The Labute approximate surface area is 166 Å². The van der Waals surface area contributed by atoms with Crippen LogP contribution in [0, 0.1) is 0 Å². The molecule has 0 bridgehead atoms. The zero-order valence-electron chi connectivity index (χ0n) is 15.8. The first-order chi connectivity index (χ1) is 14.2. The van der Waals surface area contributed by atoms with Crippen molar-refractivity contribution >= 4 is 28.0 Å². The fourth-order valence-electron chi connectivity index (χ4n) is 4.57. The van der Waals surface area contributed by atoms with E-state index in [1.54, 1.807) is 6.20 Å². The number of hydrogen-bond donors (Lipinski definition) is 2. The van der Waals surface area contributed by atoms with E-state index in [4.69, 9.17) is 4.74 Å². The van der Waals surface area contributed by atoms with Crippen molar-refractivity contribution < 1.29 is 9.53 Å². The molecule has 1 unspecified atom stereocenters. The van der Waals surface area contributed by atoms with Crippen LogP contribution in [0.5, 0.6) is 0 Å².